The van der Waals surface area contributed by atoms with Crippen LogP contribution in [0.15, 0.2) is 52.9 Å². The van der Waals surface area contributed by atoms with Gasteiger partial charge >= 0.3 is 5.97 Å². The van der Waals surface area contributed by atoms with Crippen LogP contribution in [0, 0.1) is 10.1 Å². The SMILES string of the molecule is C[C@H](OC(=O)COc1ccccc1Cl)c1nnc(-c2ccc([N+](=O)[O-])cc2)o1. The molecule has 28 heavy (non-hydrogen) atoms. The molecule has 2 aromatic carbocycles. The van der Waals surface area contributed by atoms with Crippen LogP contribution in [0.5, 0.6) is 5.75 Å². The smallest absolute Gasteiger partial charge is 0.344 e. The summed E-state index contributed by atoms with van der Waals surface area (Å²) in [4.78, 5) is 22.1. The maximum absolute atomic E-state index is 11.9. The van der Waals surface area contributed by atoms with Crippen LogP contribution in [-0.4, -0.2) is 27.7 Å². The summed E-state index contributed by atoms with van der Waals surface area (Å²) < 4.78 is 16.0. The summed E-state index contributed by atoms with van der Waals surface area (Å²) in [5.41, 5.74) is 0.453. The highest BCUT2D eigenvalue weighted by molar-refractivity contribution is 6.32. The lowest BCUT2D eigenvalue weighted by molar-refractivity contribution is -0.384. The van der Waals surface area contributed by atoms with Gasteiger partial charge in [-0.15, -0.1) is 10.2 Å². The molecule has 0 aliphatic carbocycles. The number of carbonyl (C=O) groups excluding carboxylic acids is 1. The standard InChI is InChI=1S/C18H14ClN3O6/c1-11(27-16(23)10-26-15-5-3-2-4-14(15)19)17-20-21-18(28-17)12-6-8-13(9-7-12)22(24)25/h2-9,11H,10H2,1H3/t11-/m0/s1. The van der Waals surface area contributed by atoms with E-state index in [1.807, 2.05) is 0 Å². The zero-order valence-corrected chi connectivity index (χ0v) is 15.3. The van der Waals surface area contributed by atoms with Crippen molar-refractivity contribution in [3.05, 3.63) is 69.6 Å². The third kappa shape index (κ3) is 4.63. The fraction of sp³-hybridized carbons (Fsp3) is 0.167. The number of rotatable bonds is 7. The highest BCUT2D eigenvalue weighted by atomic mass is 35.5. The number of aromatic nitrogens is 2. The van der Waals surface area contributed by atoms with Crippen LogP contribution < -0.4 is 4.74 Å². The van der Waals surface area contributed by atoms with E-state index in [9.17, 15) is 14.9 Å². The average Bonchev–Trinajstić information content (AvgIpc) is 3.18. The first-order chi connectivity index (χ1) is 13.4. The second kappa shape index (κ2) is 8.49. The van der Waals surface area contributed by atoms with Gasteiger partial charge in [-0.25, -0.2) is 4.79 Å². The van der Waals surface area contributed by atoms with Gasteiger partial charge in [-0.3, -0.25) is 10.1 Å². The molecule has 0 saturated heterocycles. The second-order valence-corrected chi connectivity index (χ2v) is 6.01. The molecule has 3 aromatic rings. The van der Waals surface area contributed by atoms with E-state index in [-0.39, 0.29) is 24.1 Å². The van der Waals surface area contributed by atoms with E-state index in [0.29, 0.717) is 16.3 Å². The number of halogens is 1. The van der Waals surface area contributed by atoms with Gasteiger partial charge < -0.3 is 13.9 Å². The van der Waals surface area contributed by atoms with Crippen LogP contribution in [-0.2, 0) is 9.53 Å². The highest BCUT2D eigenvalue weighted by Gasteiger charge is 2.20. The Labute approximate surface area is 164 Å². The Kier molecular flexibility index (Phi) is 5.85. The number of hydrogen-bond acceptors (Lipinski definition) is 8. The van der Waals surface area contributed by atoms with Crippen molar-refractivity contribution in [2.75, 3.05) is 6.61 Å². The number of ether oxygens (including phenoxy) is 2. The molecular formula is C18H14ClN3O6. The third-order valence-corrected chi connectivity index (χ3v) is 3.92. The van der Waals surface area contributed by atoms with Crippen molar-refractivity contribution in [1.82, 2.24) is 10.2 Å². The Bertz CT molecular complexity index is 989. The predicted molar refractivity (Wildman–Crippen MR) is 97.8 cm³/mol. The van der Waals surface area contributed by atoms with E-state index in [2.05, 4.69) is 10.2 Å². The van der Waals surface area contributed by atoms with Crippen LogP contribution in [0.25, 0.3) is 11.5 Å². The number of esters is 1. The van der Waals surface area contributed by atoms with Crippen LogP contribution in [0.2, 0.25) is 5.02 Å². The molecule has 1 atom stereocenters. The van der Waals surface area contributed by atoms with Gasteiger partial charge in [0.1, 0.15) is 5.75 Å². The normalized spacial score (nSPS) is 11.6. The van der Waals surface area contributed by atoms with E-state index in [0.717, 1.165) is 0 Å². The number of hydrogen-bond donors (Lipinski definition) is 0. The molecule has 0 aliphatic rings. The summed E-state index contributed by atoms with van der Waals surface area (Å²) in [5.74, 6) is -0.0333. The topological polar surface area (TPSA) is 118 Å². The Morgan fingerprint density at radius 2 is 1.93 bits per heavy atom. The molecule has 0 unspecified atom stereocenters. The lowest BCUT2D eigenvalue weighted by Crippen LogP contribution is -2.17. The van der Waals surface area contributed by atoms with Crippen molar-refractivity contribution < 1.29 is 23.6 Å². The minimum atomic E-state index is -0.804. The first-order valence-corrected chi connectivity index (χ1v) is 8.47. The van der Waals surface area contributed by atoms with E-state index in [1.165, 1.54) is 24.3 Å². The molecule has 3 rings (SSSR count). The maximum Gasteiger partial charge on any atom is 0.344 e. The molecule has 1 aromatic heterocycles. The molecule has 0 N–H and O–H groups in total. The monoisotopic (exact) mass is 403 g/mol. The number of nitrogens with zero attached hydrogens (tertiary/aromatic N) is 3. The first-order valence-electron chi connectivity index (χ1n) is 8.09. The van der Waals surface area contributed by atoms with Gasteiger partial charge in [0.2, 0.25) is 5.89 Å². The summed E-state index contributed by atoms with van der Waals surface area (Å²) >= 11 is 5.95. The molecule has 10 heteroatoms. The van der Waals surface area contributed by atoms with Crippen molar-refractivity contribution in [2.45, 2.75) is 13.0 Å². The average molecular weight is 404 g/mol. The van der Waals surface area contributed by atoms with Gasteiger partial charge in [0, 0.05) is 17.7 Å². The highest BCUT2D eigenvalue weighted by Crippen LogP contribution is 2.25. The van der Waals surface area contributed by atoms with Gasteiger partial charge in [-0.2, -0.15) is 0 Å². The number of para-hydroxylation sites is 1. The Balaban J connectivity index is 1.59. The van der Waals surface area contributed by atoms with Crippen LogP contribution >= 0.6 is 11.6 Å². The van der Waals surface area contributed by atoms with E-state index < -0.39 is 17.0 Å². The number of nitro benzene ring substituents is 1. The zero-order chi connectivity index (χ0) is 20.1. The summed E-state index contributed by atoms with van der Waals surface area (Å²) in [6.45, 7) is 1.23. The maximum atomic E-state index is 11.9. The lowest BCUT2D eigenvalue weighted by Gasteiger charge is -2.11. The molecule has 0 bridgehead atoms. The fourth-order valence-corrected chi connectivity index (χ4v) is 2.41. The van der Waals surface area contributed by atoms with Gasteiger partial charge in [-0.1, -0.05) is 23.7 Å². The molecule has 9 nitrogen and oxygen atoms in total. The second-order valence-electron chi connectivity index (χ2n) is 5.60. The van der Waals surface area contributed by atoms with E-state index in [1.54, 1.807) is 31.2 Å². The number of benzene rings is 2. The molecule has 144 valence electrons. The quantitative estimate of drug-likeness (QED) is 0.330. The Morgan fingerprint density at radius 1 is 1.21 bits per heavy atom. The molecule has 0 spiro atoms. The molecule has 0 fully saturated rings. The van der Waals surface area contributed by atoms with Crippen LogP contribution in [0.3, 0.4) is 0 Å². The first kappa shape index (κ1) is 19.3. The molecular weight excluding hydrogens is 390 g/mol. The van der Waals surface area contributed by atoms with E-state index in [4.69, 9.17) is 25.5 Å². The Hall–Kier alpha value is -3.46. The number of carbonyl (C=O) groups is 1. The third-order valence-electron chi connectivity index (χ3n) is 3.60. The predicted octanol–water partition coefficient (Wildman–Crippen LogP) is 3.98. The lowest BCUT2D eigenvalue weighted by atomic mass is 10.2. The van der Waals surface area contributed by atoms with Crippen molar-refractivity contribution in [3.8, 4) is 17.2 Å². The van der Waals surface area contributed by atoms with Crippen molar-refractivity contribution in [1.29, 1.82) is 0 Å². The minimum absolute atomic E-state index is 0.0516. The number of non-ortho nitro benzene ring substituents is 1. The van der Waals surface area contributed by atoms with Crippen molar-refractivity contribution >= 4 is 23.3 Å². The molecule has 1 heterocycles. The van der Waals surface area contributed by atoms with E-state index >= 15 is 0 Å². The van der Waals surface area contributed by atoms with Gasteiger partial charge in [-0.05, 0) is 31.2 Å². The van der Waals surface area contributed by atoms with Crippen molar-refractivity contribution in [2.24, 2.45) is 0 Å². The largest absolute Gasteiger partial charge is 0.480 e. The fourth-order valence-electron chi connectivity index (χ4n) is 2.22. The summed E-state index contributed by atoms with van der Waals surface area (Å²) in [6.07, 6.45) is -0.804. The van der Waals surface area contributed by atoms with Gasteiger partial charge in [0.15, 0.2) is 12.7 Å². The minimum Gasteiger partial charge on any atom is -0.480 e. The zero-order valence-electron chi connectivity index (χ0n) is 14.6. The molecule has 0 amide bonds. The number of nitro groups is 1. The van der Waals surface area contributed by atoms with Crippen LogP contribution in [0.4, 0.5) is 5.69 Å². The van der Waals surface area contributed by atoms with Crippen molar-refractivity contribution in [3.63, 3.8) is 0 Å². The Morgan fingerprint density at radius 3 is 2.61 bits per heavy atom. The molecule has 0 saturated carbocycles. The molecule has 0 aliphatic heterocycles. The summed E-state index contributed by atoms with van der Waals surface area (Å²) in [7, 11) is 0. The summed E-state index contributed by atoms with van der Waals surface area (Å²) in [6, 6.07) is 12.4. The van der Waals surface area contributed by atoms with Crippen LogP contribution in [0.1, 0.15) is 18.9 Å². The molecule has 0 radical (unpaired) electrons. The van der Waals surface area contributed by atoms with Gasteiger partial charge in [0.05, 0.1) is 9.95 Å². The van der Waals surface area contributed by atoms with Gasteiger partial charge in [0.25, 0.3) is 11.6 Å². The summed E-state index contributed by atoms with van der Waals surface area (Å²) in [5, 5.41) is 18.8.